The third kappa shape index (κ3) is 17.6. The second-order valence-corrected chi connectivity index (χ2v) is 8.10. The summed E-state index contributed by atoms with van der Waals surface area (Å²) in [6, 6.07) is 0. The van der Waals surface area contributed by atoms with Gasteiger partial charge in [0.15, 0.2) is 0 Å². The average molecular weight is 415 g/mol. The van der Waals surface area contributed by atoms with E-state index in [-0.39, 0.29) is 18.7 Å². The Bertz CT molecular complexity index is 392. The van der Waals surface area contributed by atoms with Crippen LogP contribution in [0.15, 0.2) is 0 Å². The molecule has 0 aliphatic carbocycles. The van der Waals surface area contributed by atoms with Gasteiger partial charge in [-0.15, -0.1) is 0 Å². The van der Waals surface area contributed by atoms with Gasteiger partial charge in [-0.1, -0.05) is 66.2 Å². The smallest absolute Gasteiger partial charge is 0.397 e. The minimum atomic E-state index is -4.52. The highest BCUT2D eigenvalue weighted by atomic mass is 32.3. The van der Waals surface area contributed by atoms with Crippen molar-refractivity contribution < 1.29 is 32.1 Å². The molecule has 0 aromatic rings. The molecule has 0 aromatic heterocycles. The van der Waals surface area contributed by atoms with Gasteiger partial charge in [-0.2, -0.15) is 8.42 Å². The molecule has 7 nitrogen and oxygen atoms in total. The minimum absolute atomic E-state index is 0. The summed E-state index contributed by atoms with van der Waals surface area (Å²) < 4.78 is 47.1. The van der Waals surface area contributed by atoms with E-state index >= 15 is 0 Å². The van der Waals surface area contributed by atoms with Gasteiger partial charge in [0.2, 0.25) is 0 Å². The van der Waals surface area contributed by atoms with Gasteiger partial charge in [-0.25, -0.2) is 4.18 Å². The van der Waals surface area contributed by atoms with Crippen LogP contribution in [0.3, 0.4) is 0 Å². The van der Waals surface area contributed by atoms with E-state index in [4.69, 9.17) is 18.2 Å². The zero-order chi connectivity index (χ0) is 19.8. The number of hydrogen-bond acceptors (Lipinski definition) is 5. The Morgan fingerprint density at radius 1 is 0.778 bits per heavy atom. The molecule has 0 saturated heterocycles. The fraction of sp³-hybridized carbons (Fsp3) is 1.00. The lowest BCUT2D eigenvalue weighted by atomic mass is 10.0. The van der Waals surface area contributed by atoms with E-state index in [1.807, 2.05) is 0 Å². The first-order valence-corrected chi connectivity index (χ1v) is 11.5. The molecule has 0 amide bonds. The van der Waals surface area contributed by atoms with Crippen LogP contribution in [0.4, 0.5) is 0 Å². The van der Waals surface area contributed by atoms with Gasteiger partial charge in [0.05, 0.1) is 13.2 Å². The summed E-state index contributed by atoms with van der Waals surface area (Å²) in [6.07, 6.45) is 8.04. The van der Waals surface area contributed by atoms with Gasteiger partial charge in [-0.3, -0.25) is 4.55 Å². The number of ether oxygens (including phenoxy) is 2. The molecule has 27 heavy (non-hydrogen) atoms. The standard InChI is InChI=1S/C19H40O6S.H2O/c1-5-9-11-17(7-3)13-23-15-19(25-26(20,21)22)16-24-14-18(8-4)12-10-6-2;/h17-19H,5-16H2,1-4H3,(H,20,21,22);1H2. The predicted molar refractivity (Wildman–Crippen MR) is 108 cm³/mol. The normalized spacial score (nSPS) is 15.1. The molecule has 2 atom stereocenters. The van der Waals surface area contributed by atoms with E-state index in [9.17, 15) is 8.42 Å². The third-order valence-corrected chi connectivity index (χ3v) is 5.17. The van der Waals surface area contributed by atoms with Crippen molar-refractivity contribution in [3.05, 3.63) is 0 Å². The van der Waals surface area contributed by atoms with Crippen molar-refractivity contribution in [2.24, 2.45) is 11.8 Å². The minimum Gasteiger partial charge on any atom is -0.412 e. The van der Waals surface area contributed by atoms with Gasteiger partial charge >= 0.3 is 10.4 Å². The van der Waals surface area contributed by atoms with Crippen molar-refractivity contribution in [1.82, 2.24) is 0 Å². The second kappa shape index (κ2) is 17.8. The molecular formula is C19H42O7S. The van der Waals surface area contributed by atoms with Crippen molar-refractivity contribution in [2.75, 3.05) is 26.4 Å². The van der Waals surface area contributed by atoms with Gasteiger partial charge in [0.25, 0.3) is 0 Å². The van der Waals surface area contributed by atoms with E-state index < -0.39 is 16.5 Å². The largest absolute Gasteiger partial charge is 0.412 e. The first-order chi connectivity index (χ1) is 12.4. The Morgan fingerprint density at radius 2 is 1.19 bits per heavy atom. The summed E-state index contributed by atoms with van der Waals surface area (Å²) in [7, 11) is -4.52. The van der Waals surface area contributed by atoms with E-state index in [0.29, 0.717) is 25.0 Å². The highest BCUT2D eigenvalue weighted by Crippen LogP contribution is 2.15. The van der Waals surface area contributed by atoms with Crippen LogP contribution < -0.4 is 0 Å². The van der Waals surface area contributed by atoms with E-state index in [1.165, 1.54) is 0 Å². The Labute approximate surface area is 166 Å². The molecular weight excluding hydrogens is 372 g/mol. The summed E-state index contributed by atoms with van der Waals surface area (Å²) in [5, 5.41) is 0. The van der Waals surface area contributed by atoms with Gasteiger partial charge in [0.1, 0.15) is 6.10 Å². The molecule has 0 aliphatic rings. The van der Waals surface area contributed by atoms with Crippen molar-refractivity contribution in [2.45, 2.75) is 85.2 Å². The van der Waals surface area contributed by atoms with Gasteiger partial charge < -0.3 is 14.9 Å². The van der Waals surface area contributed by atoms with E-state index in [1.54, 1.807) is 0 Å². The molecule has 0 aromatic carbocycles. The van der Waals surface area contributed by atoms with Crippen molar-refractivity contribution in [3.8, 4) is 0 Å². The monoisotopic (exact) mass is 414 g/mol. The predicted octanol–water partition coefficient (Wildman–Crippen LogP) is 3.82. The molecule has 0 fully saturated rings. The first kappa shape index (κ1) is 29.0. The first-order valence-electron chi connectivity index (χ1n) is 10.2. The van der Waals surface area contributed by atoms with Crippen molar-refractivity contribution in [3.63, 3.8) is 0 Å². The van der Waals surface area contributed by atoms with Gasteiger partial charge in [0, 0.05) is 13.2 Å². The van der Waals surface area contributed by atoms with Crippen molar-refractivity contribution >= 4 is 10.4 Å². The van der Waals surface area contributed by atoms with Crippen LogP contribution in [-0.2, 0) is 24.1 Å². The molecule has 0 radical (unpaired) electrons. The van der Waals surface area contributed by atoms with Crippen LogP contribution in [0.25, 0.3) is 0 Å². The second-order valence-electron chi connectivity index (χ2n) is 7.05. The van der Waals surface area contributed by atoms with E-state index in [0.717, 1.165) is 51.4 Å². The summed E-state index contributed by atoms with van der Waals surface area (Å²) >= 11 is 0. The molecule has 0 spiro atoms. The fourth-order valence-corrected chi connectivity index (χ4v) is 3.26. The van der Waals surface area contributed by atoms with Gasteiger partial charge in [-0.05, 0) is 24.7 Å². The molecule has 0 aliphatic heterocycles. The Balaban J connectivity index is 0. The number of rotatable bonds is 18. The molecule has 3 N–H and O–H groups in total. The Morgan fingerprint density at radius 3 is 1.48 bits per heavy atom. The highest BCUT2D eigenvalue weighted by molar-refractivity contribution is 7.80. The maximum atomic E-state index is 11.1. The number of unbranched alkanes of at least 4 members (excludes halogenated alkanes) is 2. The Hall–Kier alpha value is -0.250. The maximum absolute atomic E-state index is 11.1. The van der Waals surface area contributed by atoms with Crippen LogP contribution in [0.5, 0.6) is 0 Å². The lowest BCUT2D eigenvalue weighted by molar-refractivity contribution is -0.0244. The molecule has 0 heterocycles. The third-order valence-electron chi connectivity index (χ3n) is 4.66. The molecule has 0 bridgehead atoms. The summed E-state index contributed by atoms with van der Waals surface area (Å²) in [5.41, 5.74) is 0. The number of hydrogen-bond donors (Lipinski definition) is 1. The highest BCUT2D eigenvalue weighted by Gasteiger charge is 2.19. The van der Waals surface area contributed by atoms with Crippen LogP contribution in [0.1, 0.15) is 79.1 Å². The van der Waals surface area contributed by atoms with Crippen LogP contribution in [-0.4, -0.2) is 51.0 Å². The van der Waals surface area contributed by atoms with Crippen LogP contribution in [0, 0.1) is 11.8 Å². The lowest BCUT2D eigenvalue weighted by Crippen LogP contribution is -2.30. The Kier molecular flexibility index (Phi) is 19.1. The molecule has 2 unspecified atom stereocenters. The zero-order valence-electron chi connectivity index (χ0n) is 17.6. The van der Waals surface area contributed by atoms with Crippen molar-refractivity contribution in [1.29, 1.82) is 0 Å². The molecule has 0 rings (SSSR count). The summed E-state index contributed by atoms with van der Waals surface area (Å²) in [6.45, 7) is 9.88. The topological polar surface area (TPSA) is 114 Å². The van der Waals surface area contributed by atoms with E-state index in [2.05, 4.69) is 27.7 Å². The summed E-state index contributed by atoms with van der Waals surface area (Å²) in [4.78, 5) is 0. The zero-order valence-corrected chi connectivity index (χ0v) is 18.4. The average Bonchev–Trinajstić information content (AvgIpc) is 2.59. The quantitative estimate of drug-likeness (QED) is 0.341. The SMILES string of the molecule is CCCCC(CC)COCC(COCC(CC)CCCC)OS(=O)(=O)O.O. The maximum Gasteiger partial charge on any atom is 0.397 e. The molecule has 8 heteroatoms. The fourth-order valence-electron chi connectivity index (χ4n) is 2.80. The lowest BCUT2D eigenvalue weighted by Gasteiger charge is -2.20. The molecule has 0 saturated carbocycles. The van der Waals surface area contributed by atoms with Crippen LogP contribution >= 0.6 is 0 Å². The molecule has 166 valence electrons. The van der Waals surface area contributed by atoms with Crippen LogP contribution in [0.2, 0.25) is 0 Å². The summed E-state index contributed by atoms with van der Waals surface area (Å²) in [5.74, 6) is 0.918.